The van der Waals surface area contributed by atoms with Gasteiger partial charge in [-0.25, -0.2) is 0 Å². The lowest BCUT2D eigenvalue weighted by Crippen LogP contribution is -2.42. The van der Waals surface area contributed by atoms with E-state index in [1.807, 2.05) is 60.7 Å². The van der Waals surface area contributed by atoms with E-state index in [0.717, 1.165) is 11.1 Å². The van der Waals surface area contributed by atoms with Crippen LogP contribution in [0.3, 0.4) is 0 Å². The zero-order chi connectivity index (χ0) is 24.3. The van der Waals surface area contributed by atoms with Crippen LogP contribution >= 0.6 is 23.5 Å². The van der Waals surface area contributed by atoms with Crippen molar-refractivity contribution in [1.82, 2.24) is 0 Å². The van der Waals surface area contributed by atoms with Crippen LogP contribution in [-0.2, 0) is 41.5 Å². The van der Waals surface area contributed by atoms with E-state index < -0.39 is 34.3 Å². The third-order valence-corrected chi connectivity index (χ3v) is 9.02. The summed E-state index contributed by atoms with van der Waals surface area (Å²) >= 11 is 2.37. The van der Waals surface area contributed by atoms with Gasteiger partial charge in [-0.3, -0.25) is 19.2 Å². The number of benzene rings is 2. The average molecular weight is 497 g/mol. The first-order valence-electron chi connectivity index (χ1n) is 10.7. The number of ketones is 2. The molecule has 2 aliphatic heterocycles. The lowest BCUT2D eigenvalue weighted by Gasteiger charge is -2.24. The maximum absolute atomic E-state index is 13.7. The maximum atomic E-state index is 13.7. The van der Waals surface area contributed by atoms with Crippen LogP contribution in [-0.4, -0.2) is 49.2 Å². The van der Waals surface area contributed by atoms with E-state index in [1.165, 1.54) is 37.7 Å². The SMILES string of the molecule is COC(=O)C1(Cc2ccccc2)CS/C(=C2/SCC(Cc3ccccc3)(C(=O)OC)C2=O)C1=O. The molecule has 2 atom stereocenters. The molecule has 2 unspecified atom stereocenters. The summed E-state index contributed by atoms with van der Waals surface area (Å²) in [6, 6.07) is 18.5. The highest BCUT2D eigenvalue weighted by molar-refractivity contribution is 8.08. The standard InChI is InChI=1S/C26H24O6S2/c1-31-23(29)25(13-17-9-5-3-6-10-17)15-33-19(21(25)27)20-22(28)26(16-34-20,24(30)32-2)14-18-11-7-4-8-12-18/h3-12H,13-16H2,1-2H3/b20-19+. The summed E-state index contributed by atoms with van der Waals surface area (Å²) < 4.78 is 10.1. The minimum absolute atomic E-state index is 0.171. The highest BCUT2D eigenvalue weighted by Crippen LogP contribution is 2.52. The lowest BCUT2D eigenvalue weighted by atomic mass is 9.77. The molecule has 6 nitrogen and oxygen atoms in total. The number of methoxy groups -OCH3 is 2. The minimum Gasteiger partial charge on any atom is -0.468 e. The van der Waals surface area contributed by atoms with E-state index in [4.69, 9.17) is 9.47 Å². The summed E-state index contributed by atoms with van der Waals surface area (Å²) in [6.45, 7) is 0. The topological polar surface area (TPSA) is 86.7 Å². The summed E-state index contributed by atoms with van der Waals surface area (Å²) in [4.78, 5) is 53.6. The van der Waals surface area contributed by atoms with E-state index in [-0.39, 0.29) is 34.2 Å². The normalized spacial score (nSPS) is 26.5. The Kier molecular flexibility index (Phi) is 7.00. The summed E-state index contributed by atoms with van der Waals surface area (Å²) in [5.41, 5.74) is -1.18. The molecule has 0 aromatic heterocycles. The van der Waals surface area contributed by atoms with Crippen LogP contribution in [0.15, 0.2) is 70.5 Å². The second-order valence-electron chi connectivity index (χ2n) is 8.37. The number of carbonyl (C=O) groups excluding carboxylic acids is 4. The molecule has 2 aromatic carbocycles. The fraction of sp³-hybridized carbons (Fsp3) is 0.308. The molecule has 0 aliphatic carbocycles. The van der Waals surface area contributed by atoms with Crippen LogP contribution in [0.5, 0.6) is 0 Å². The van der Waals surface area contributed by atoms with E-state index in [2.05, 4.69) is 0 Å². The maximum Gasteiger partial charge on any atom is 0.320 e. The van der Waals surface area contributed by atoms with Crippen molar-refractivity contribution in [1.29, 1.82) is 0 Å². The molecule has 0 bridgehead atoms. The Hall–Kier alpha value is -2.84. The molecule has 2 saturated heterocycles. The van der Waals surface area contributed by atoms with Crippen LogP contribution in [0, 0.1) is 10.8 Å². The zero-order valence-corrected chi connectivity index (χ0v) is 20.5. The van der Waals surface area contributed by atoms with Crippen molar-refractivity contribution in [2.24, 2.45) is 10.8 Å². The van der Waals surface area contributed by atoms with Gasteiger partial charge in [-0.05, 0) is 24.0 Å². The molecule has 0 saturated carbocycles. The van der Waals surface area contributed by atoms with E-state index in [9.17, 15) is 19.2 Å². The number of Topliss-reactive ketones (excluding diaryl/α,β-unsaturated/α-hetero) is 2. The lowest BCUT2D eigenvalue weighted by molar-refractivity contribution is -0.156. The average Bonchev–Trinajstić information content (AvgIpc) is 3.37. The third kappa shape index (κ3) is 4.09. The first kappa shape index (κ1) is 24.3. The first-order chi connectivity index (χ1) is 16.4. The Morgan fingerprint density at radius 3 is 1.38 bits per heavy atom. The molecule has 176 valence electrons. The summed E-state index contributed by atoms with van der Waals surface area (Å²) in [6.07, 6.45) is 0.349. The Morgan fingerprint density at radius 2 is 1.06 bits per heavy atom. The van der Waals surface area contributed by atoms with Crippen molar-refractivity contribution >= 4 is 47.0 Å². The van der Waals surface area contributed by atoms with Gasteiger partial charge in [0.25, 0.3) is 0 Å². The second kappa shape index (κ2) is 9.80. The molecule has 8 heteroatoms. The molecule has 2 heterocycles. The van der Waals surface area contributed by atoms with Crippen LogP contribution < -0.4 is 0 Å². The summed E-state index contributed by atoms with van der Waals surface area (Å²) in [5.74, 6) is -1.76. The zero-order valence-electron chi connectivity index (χ0n) is 18.9. The van der Waals surface area contributed by atoms with Gasteiger partial charge in [-0.1, -0.05) is 60.7 Å². The van der Waals surface area contributed by atoms with Gasteiger partial charge in [0.15, 0.2) is 11.6 Å². The van der Waals surface area contributed by atoms with Crippen molar-refractivity contribution in [3.63, 3.8) is 0 Å². The van der Waals surface area contributed by atoms with Crippen LogP contribution in [0.4, 0.5) is 0 Å². The molecule has 34 heavy (non-hydrogen) atoms. The molecule has 4 rings (SSSR count). The fourth-order valence-corrected chi connectivity index (χ4v) is 7.35. The molecule has 0 spiro atoms. The molecule has 0 N–H and O–H groups in total. The number of hydrogen-bond donors (Lipinski definition) is 0. The number of allylic oxidation sites excluding steroid dienone is 2. The highest BCUT2D eigenvalue weighted by Gasteiger charge is 2.58. The molecule has 0 radical (unpaired) electrons. The molecule has 0 amide bonds. The van der Waals surface area contributed by atoms with Crippen molar-refractivity contribution < 1.29 is 28.7 Å². The van der Waals surface area contributed by atoms with Gasteiger partial charge >= 0.3 is 11.9 Å². The Balaban J connectivity index is 1.72. The van der Waals surface area contributed by atoms with Crippen molar-refractivity contribution in [2.75, 3.05) is 25.7 Å². The number of esters is 2. The number of thioether (sulfide) groups is 2. The summed E-state index contributed by atoms with van der Waals surface area (Å²) in [5, 5.41) is 0. The van der Waals surface area contributed by atoms with Gasteiger partial charge in [0, 0.05) is 11.5 Å². The summed E-state index contributed by atoms with van der Waals surface area (Å²) in [7, 11) is 2.52. The predicted molar refractivity (Wildman–Crippen MR) is 131 cm³/mol. The Morgan fingerprint density at radius 1 is 0.706 bits per heavy atom. The minimum atomic E-state index is -1.42. The molecule has 2 fully saturated rings. The quantitative estimate of drug-likeness (QED) is 0.340. The largest absolute Gasteiger partial charge is 0.468 e. The second-order valence-corrected chi connectivity index (χ2v) is 10.3. The van der Waals surface area contributed by atoms with Gasteiger partial charge < -0.3 is 9.47 Å². The van der Waals surface area contributed by atoms with Crippen molar-refractivity contribution in [3.05, 3.63) is 81.6 Å². The Labute approximate surface area is 206 Å². The molecular weight excluding hydrogens is 472 g/mol. The number of hydrogen-bond acceptors (Lipinski definition) is 8. The van der Waals surface area contributed by atoms with E-state index in [0.29, 0.717) is 0 Å². The van der Waals surface area contributed by atoms with E-state index >= 15 is 0 Å². The van der Waals surface area contributed by atoms with Crippen LogP contribution in [0.2, 0.25) is 0 Å². The van der Waals surface area contributed by atoms with Gasteiger partial charge in [-0.15, -0.1) is 23.5 Å². The van der Waals surface area contributed by atoms with Gasteiger partial charge in [0.2, 0.25) is 0 Å². The first-order valence-corrected chi connectivity index (χ1v) is 12.7. The van der Waals surface area contributed by atoms with E-state index in [1.54, 1.807) is 0 Å². The smallest absolute Gasteiger partial charge is 0.320 e. The number of ether oxygens (including phenoxy) is 2. The van der Waals surface area contributed by atoms with Crippen molar-refractivity contribution in [2.45, 2.75) is 12.8 Å². The number of carbonyl (C=O) groups is 4. The van der Waals surface area contributed by atoms with Gasteiger partial charge in [0.05, 0.1) is 24.0 Å². The number of rotatable bonds is 6. The fourth-order valence-electron chi connectivity index (χ4n) is 4.41. The monoisotopic (exact) mass is 496 g/mol. The van der Waals surface area contributed by atoms with Gasteiger partial charge in [0.1, 0.15) is 10.8 Å². The Bertz CT molecular complexity index is 1070. The van der Waals surface area contributed by atoms with Gasteiger partial charge in [-0.2, -0.15) is 0 Å². The molecule has 2 aliphatic rings. The highest BCUT2D eigenvalue weighted by atomic mass is 32.2. The molecular formula is C26H24O6S2. The molecule has 2 aromatic rings. The van der Waals surface area contributed by atoms with Crippen molar-refractivity contribution in [3.8, 4) is 0 Å². The predicted octanol–water partition coefficient (Wildman–Crippen LogP) is 3.63. The van der Waals surface area contributed by atoms with Crippen LogP contribution in [0.1, 0.15) is 11.1 Å². The third-order valence-electron chi connectivity index (χ3n) is 6.26. The van der Waals surface area contributed by atoms with Crippen LogP contribution in [0.25, 0.3) is 0 Å².